The molecule has 0 spiro atoms. The molecule has 0 aliphatic heterocycles. The fourth-order valence-electron chi connectivity index (χ4n) is 3.90. The highest BCUT2D eigenvalue weighted by atomic mass is 19.1. The first-order valence-electron chi connectivity index (χ1n) is 9.51. The molecule has 9 heteroatoms. The quantitative estimate of drug-likeness (QED) is 0.598. The summed E-state index contributed by atoms with van der Waals surface area (Å²) in [5.74, 6) is -0.673. The molecule has 4 N–H and O–H groups in total. The van der Waals surface area contributed by atoms with Gasteiger partial charge in [-0.25, -0.2) is 19.1 Å². The molecule has 152 valence electrons. The summed E-state index contributed by atoms with van der Waals surface area (Å²) < 4.78 is 19.6. The number of amides is 1. The summed E-state index contributed by atoms with van der Waals surface area (Å²) in [6.45, 7) is 3.93. The van der Waals surface area contributed by atoms with E-state index in [1.54, 1.807) is 6.07 Å². The van der Waals surface area contributed by atoms with Crippen molar-refractivity contribution in [1.82, 2.24) is 15.5 Å². The van der Waals surface area contributed by atoms with Crippen LogP contribution in [0.5, 0.6) is 0 Å². The number of H-pyrrole nitrogens is 1. The van der Waals surface area contributed by atoms with E-state index in [9.17, 15) is 14.0 Å². The zero-order chi connectivity index (χ0) is 20.3. The molecular weight excluding hydrogens is 367 g/mol. The van der Waals surface area contributed by atoms with Crippen LogP contribution in [0.2, 0.25) is 0 Å². The second kappa shape index (κ2) is 8.45. The van der Waals surface area contributed by atoms with E-state index in [0.717, 1.165) is 25.7 Å². The predicted octanol–water partition coefficient (Wildman–Crippen LogP) is 3.36. The lowest BCUT2D eigenvalue weighted by molar-refractivity contribution is 0.181. The van der Waals surface area contributed by atoms with Crippen LogP contribution in [0.25, 0.3) is 11.5 Å². The van der Waals surface area contributed by atoms with Gasteiger partial charge in [0, 0.05) is 28.9 Å². The molecule has 1 saturated carbocycles. The number of anilines is 1. The van der Waals surface area contributed by atoms with Crippen molar-refractivity contribution in [2.45, 2.75) is 58.0 Å². The van der Waals surface area contributed by atoms with Gasteiger partial charge in [0.25, 0.3) is 0 Å². The molecule has 1 amide bonds. The fraction of sp³-hybridized carbons (Fsp3) is 0.526. The SMILES string of the molecule is CCc1c(F)cc(-c2n[nH]c(=O)o2)cc1N[C@@H](C)C1CCC(NC(=O)O)CC1. The first-order chi connectivity index (χ1) is 13.4. The van der Waals surface area contributed by atoms with Gasteiger partial charge in [-0.1, -0.05) is 6.92 Å². The van der Waals surface area contributed by atoms with Crippen LogP contribution in [0.3, 0.4) is 0 Å². The van der Waals surface area contributed by atoms with Gasteiger partial charge in [-0.3, -0.25) is 0 Å². The minimum atomic E-state index is -0.987. The van der Waals surface area contributed by atoms with Crippen molar-refractivity contribution >= 4 is 11.8 Å². The Hall–Kier alpha value is -2.84. The largest absolute Gasteiger partial charge is 0.465 e. The Bertz CT molecular complexity index is 886. The Morgan fingerprint density at radius 2 is 2.11 bits per heavy atom. The second-order valence-electron chi connectivity index (χ2n) is 7.25. The lowest BCUT2D eigenvalue weighted by atomic mass is 9.82. The first-order valence-corrected chi connectivity index (χ1v) is 9.51. The molecule has 1 aromatic carbocycles. The van der Waals surface area contributed by atoms with Gasteiger partial charge in [0.05, 0.1) is 0 Å². The zero-order valence-electron chi connectivity index (χ0n) is 15.9. The number of aromatic nitrogens is 2. The summed E-state index contributed by atoms with van der Waals surface area (Å²) in [7, 11) is 0. The molecule has 2 aromatic rings. The zero-order valence-corrected chi connectivity index (χ0v) is 15.9. The molecule has 1 atom stereocenters. The summed E-state index contributed by atoms with van der Waals surface area (Å²) in [6, 6.07) is 3.14. The molecule has 28 heavy (non-hydrogen) atoms. The fourth-order valence-corrected chi connectivity index (χ4v) is 3.90. The van der Waals surface area contributed by atoms with Crippen molar-refractivity contribution in [3.8, 4) is 11.5 Å². The molecule has 1 aliphatic rings. The van der Waals surface area contributed by atoms with E-state index >= 15 is 0 Å². The van der Waals surface area contributed by atoms with E-state index in [1.165, 1.54) is 6.07 Å². The molecule has 8 nitrogen and oxygen atoms in total. The van der Waals surface area contributed by atoms with E-state index in [-0.39, 0.29) is 23.8 Å². The lowest BCUT2D eigenvalue weighted by Crippen LogP contribution is -2.39. The average molecular weight is 392 g/mol. The van der Waals surface area contributed by atoms with Gasteiger partial charge in [0.1, 0.15) is 5.82 Å². The summed E-state index contributed by atoms with van der Waals surface area (Å²) in [6.07, 6.45) is 2.88. The highest BCUT2D eigenvalue weighted by molar-refractivity contribution is 5.65. The van der Waals surface area contributed by atoms with Crippen LogP contribution in [-0.4, -0.2) is 33.5 Å². The van der Waals surface area contributed by atoms with Crippen molar-refractivity contribution in [2.24, 2.45) is 5.92 Å². The highest BCUT2D eigenvalue weighted by Crippen LogP contribution is 2.32. The van der Waals surface area contributed by atoms with Crippen LogP contribution in [-0.2, 0) is 6.42 Å². The maximum absolute atomic E-state index is 14.6. The molecule has 0 bridgehead atoms. The third kappa shape index (κ3) is 4.52. The van der Waals surface area contributed by atoms with Gasteiger partial charge in [-0.2, -0.15) is 0 Å². The Kier molecular flexibility index (Phi) is 6.01. The van der Waals surface area contributed by atoms with Gasteiger partial charge in [0.15, 0.2) is 0 Å². The van der Waals surface area contributed by atoms with Crippen LogP contribution < -0.4 is 16.4 Å². The standard InChI is InChI=1S/C19H25FN4O4/c1-3-14-15(20)8-12(17-23-24-19(27)28-17)9-16(14)21-10(2)11-4-6-13(7-5-11)22-18(25)26/h8-11,13,21-22H,3-7H2,1-2H3,(H,24,27)(H,25,26)/t10-,11?,13?/m0/s1. The van der Waals surface area contributed by atoms with Gasteiger partial charge in [0.2, 0.25) is 5.89 Å². The van der Waals surface area contributed by atoms with E-state index < -0.39 is 11.8 Å². The smallest absolute Gasteiger partial charge is 0.434 e. The first kappa shape index (κ1) is 19.9. The Labute approximate surface area is 161 Å². The Morgan fingerprint density at radius 1 is 1.39 bits per heavy atom. The van der Waals surface area contributed by atoms with Crippen LogP contribution in [0.4, 0.5) is 14.9 Å². The topological polar surface area (TPSA) is 120 Å². The lowest BCUT2D eigenvalue weighted by Gasteiger charge is -2.33. The van der Waals surface area contributed by atoms with Crippen molar-refractivity contribution in [3.05, 3.63) is 34.1 Å². The van der Waals surface area contributed by atoms with Crippen LogP contribution in [0.15, 0.2) is 21.3 Å². The van der Waals surface area contributed by atoms with Crippen LogP contribution in [0, 0.1) is 11.7 Å². The van der Waals surface area contributed by atoms with Gasteiger partial charge in [-0.15, -0.1) is 5.10 Å². The molecule has 1 aromatic heterocycles. The van der Waals surface area contributed by atoms with Gasteiger partial charge < -0.3 is 20.2 Å². The van der Waals surface area contributed by atoms with E-state index in [2.05, 4.69) is 20.8 Å². The normalized spacial score (nSPS) is 20.5. The van der Waals surface area contributed by atoms with E-state index in [0.29, 0.717) is 29.2 Å². The monoisotopic (exact) mass is 392 g/mol. The van der Waals surface area contributed by atoms with Crippen molar-refractivity contribution < 1.29 is 18.7 Å². The maximum Gasteiger partial charge on any atom is 0.434 e. The predicted molar refractivity (Wildman–Crippen MR) is 102 cm³/mol. The Balaban J connectivity index is 1.74. The second-order valence-corrected chi connectivity index (χ2v) is 7.25. The van der Waals surface area contributed by atoms with Gasteiger partial charge in [-0.05, 0) is 57.1 Å². The third-order valence-corrected chi connectivity index (χ3v) is 5.42. The van der Waals surface area contributed by atoms with Crippen molar-refractivity contribution in [1.29, 1.82) is 0 Å². The third-order valence-electron chi connectivity index (χ3n) is 5.42. The summed E-state index contributed by atoms with van der Waals surface area (Å²) in [5.41, 5.74) is 1.60. The van der Waals surface area contributed by atoms with Crippen molar-refractivity contribution in [2.75, 3.05) is 5.32 Å². The van der Waals surface area contributed by atoms with Crippen LogP contribution >= 0.6 is 0 Å². The van der Waals surface area contributed by atoms with E-state index in [4.69, 9.17) is 9.52 Å². The van der Waals surface area contributed by atoms with Crippen molar-refractivity contribution in [3.63, 3.8) is 0 Å². The van der Waals surface area contributed by atoms with Crippen LogP contribution in [0.1, 0.15) is 45.1 Å². The summed E-state index contributed by atoms with van der Waals surface area (Å²) in [5, 5.41) is 20.8. The number of nitrogens with zero attached hydrogens (tertiary/aromatic N) is 1. The maximum atomic E-state index is 14.6. The highest BCUT2D eigenvalue weighted by Gasteiger charge is 2.27. The molecular formula is C19H25FN4O4. The molecule has 0 radical (unpaired) electrons. The number of hydrogen-bond donors (Lipinski definition) is 4. The minimum Gasteiger partial charge on any atom is -0.465 e. The summed E-state index contributed by atoms with van der Waals surface area (Å²) >= 11 is 0. The number of benzene rings is 1. The number of rotatable bonds is 6. The molecule has 0 saturated heterocycles. The van der Waals surface area contributed by atoms with Gasteiger partial charge >= 0.3 is 11.8 Å². The molecule has 3 rings (SSSR count). The number of carboxylic acid groups (broad SMARTS) is 1. The minimum absolute atomic E-state index is 0.00418. The number of hydrogen-bond acceptors (Lipinski definition) is 5. The average Bonchev–Trinajstić information content (AvgIpc) is 3.08. The Morgan fingerprint density at radius 3 is 2.68 bits per heavy atom. The number of carbonyl (C=O) groups is 1. The summed E-state index contributed by atoms with van der Waals surface area (Å²) in [4.78, 5) is 22.0. The number of halogens is 1. The number of aromatic amines is 1. The molecule has 1 fully saturated rings. The molecule has 0 unspecified atom stereocenters. The molecule has 1 heterocycles. The molecule has 1 aliphatic carbocycles. The van der Waals surface area contributed by atoms with E-state index in [1.807, 2.05) is 13.8 Å². The number of nitrogens with one attached hydrogen (secondary N) is 3.